The maximum absolute atomic E-state index is 12.8. The molecule has 0 radical (unpaired) electrons. The molecule has 3 aromatic rings. The Bertz CT molecular complexity index is 976. The predicted octanol–water partition coefficient (Wildman–Crippen LogP) is 5.86. The molecule has 8 heteroatoms. The number of benzene rings is 2. The van der Waals surface area contributed by atoms with Gasteiger partial charge in [-0.3, -0.25) is 4.79 Å². The van der Waals surface area contributed by atoms with E-state index >= 15 is 0 Å². The van der Waals surface area contributed by atoms with Crippen LogP contribution in [0.2, 0.25) is 0 Å². The molecule has 0 saturated carbocycles. The van der Waals surface area contributed by atoms with Crippen molar-refractivity contribution in [1.29, 1.82) is 0 Å². The lowest BCUT2D eigenvalue weighted by atomic mass is 10.1. The van der Waals surface area contributed by atoms with E-state index in [4.69, 9.17) is 0 Å². The topological polar surface area (TPSA) is 54.0 Å². The predicted molar refractivity (Wildman–Crippen MR) is 101 cm³/mol. The van der Waals surface area contributed by atoms with Crippen molar-refractivity contribution in [2.75, 3.05) is 10.6 Å². The molecule has 1 aromatic heterocycles. The molecule has 1 amide bonds. The summed E-state index contributed by atoms with van der Waals surface area (Å²) in [5.74, 6) is -0.286. The number of nitrogens with one attached hydrogen (secondary N) is 2. The van der Waals surface area contributed by atoms with Crippen LogP contribution in [0.5, 0.6) is 0 Å². The van der Waals surface area contributed by atoms with Gasteiger partial charge in [0.15, 0.2) is 0 Å². The summed E-state index contributed by atoms with van der Waals surface area (Å²) < 4.78 is 39.3. The van der Waals surface area contributed by atoms with Crippen molar-refractivity contribution < 1.29 is 18.0 Å². The first kappa shape index (κ1) is 18.9. The third-order valence-corrected chi connectivity index (χ3v) is 4.32. The lowest BCUT2D eigenvalue weighted by Crippen LogP contribution is -2.15. The van der Waals surface area contributed by atoms with Crippen LogP contribution in [0.25, 0.3) is 0 Å². The summed E-state index contributed by atoms with van der Waals surface area (Å²) in [5, 5.41) is 5.53. The van der Waals surface area contributed by atoms with Crippen molar-refractivity contribution in [2.24, 2.45) is 0 Å². The van der Waals surface area contributed by atoms with Crippen LogP contribution in [-0.2, 0) is 6.18 Å². The molecule has 0 saturated heterocycles. The molecule has 0 bridgehead atoms. The van der Waals surface area contributed by atoms with E-state index in [0.29, 0.717) is 5.69 Å². The van der Waals surface area contributed by atoms with Gasteiger partial charge >= 0.3 is 6.18 Å². The van der Waals surface area contributed by atoms with E-state index < -0.39 is 17.6 Å². The van der Waals surface area contributed by atoms with Crippen LogP contribution in [0.4, 0.5) is 30.4 Å². The van der Waals surface area contributed by atoms with E-state index in [2.05, 4.69) is 31.5 Å². The van der Waals surface area contributed by atoms with Crippen molar-refractivity contribution in [1.82, 2.24) is 4.98 Å². The van der Waals surface area contributed by atoms with Crippen LogP contribution in [0, 0.1) is 0 Å². The first-order chi connectivity index (χ1) is 12.8. The second kappa shape index (κ2) is 7.79. The lowest BCUT2D eigenvalue weighted by molar-refractivity contribution is -0.137. The van der Waals surface area contributed by atoms with Crippen LogP contribution in [-0.4, -0.2) is 10.9 Å². The summed E-state index contributed by atoms with van der Waals surface area (Å²) in [6.07, 6.45) is -2.97. The highest BCUT2D eigenvalue weighted by atomic mass is 79.9. The first-order valence-corrected chi connectivity index (χ1v) is 8.59. The van der Waals surface area contributed by atoms with Gasteiger partial charge in [-0.15, -0.1) is 0 Å². The average Bonchev–Trinajstić information content (AvgIpc) is 2.63. The SMILES string of the molecule is O=C(Nc1cccc(C(F)(F)F)c1)c1cccnc1Nc1ccccc1Br. The van der Waals surface area contributed by atoms with E-state index in [1.165, 1.54) is 24.4 Å². The number of hydrogen-bond acceptors (Lipinski definition) is 3. The third-order valence-electron chi connectivity index (χ3n) is 3.63. The number of rotatable bonds is 4. The number of anilines is 3. The summed E-state index contributed by atoms with van der Waals surface area (Å²) in [5.41, 5.74) is 0.110. The fourth-order valence-electron chi connectivity index (χ4n) is 2.35. The number of halogens is 4. The maximum Gasteiger partial charge on any atom is 0.416 e. The molecular formula is C19H13BrF3N3O. The second-order valence-electron chi connectivity index (χ2n) is 5.54. The number of carbonyl (C=O) groups excluding carboxylic acids is 1. The van der Waals surface area contributed by atoms with Crippen molar-refractivity contribution in [3.8, 4) is 0 Å². The molecule has 0 aliphatic carbocycles. The Hall–Kier alpha value is -2.87. The number of hydrogen-bond donors (Lipinski definition) is 2. The van der Waals surface area contributed by atoms with Crippen LogP contribution >= 0.6 is 15.9 Å². The fraction of sp³-hybridized carbons (Fsp3) is 0.0526. The van der Waals surface area contributed by atoms with Crippen molar-refractivity contribution >= 4 is 39.0 Å². The molecule has 138 valence electrons. The normalized spacial score (nSPS) is 11.1. The van der Waals surface area contributed by atoms with Gasteiger partial charge in [0.05, 0.1) is 16.8 Å². The van der Waals surface area contributed by atoms with Crippen molar-refractivity contribution in [2.45, 2.75) is 6.18 Å². The quantitative estimate of drug-likeness (QED) is 0.539. The van der Waals surface area contributed by atoms with E-state index in [1.54, 1.807) is 12.1 Å². The van der Waals surface area contributed by atoms with Gasteiger partial charge in [-0.25, -0.2) is 4.98 Å². The standard InChI is InChI=1S/C19H13BrF3N3O/c20-15-8-1-2-9-16(15)26-17-14(7-4-10-24-17)18(27)25-13-6-3-5-12(11-13)19(21,22)23/h1-11H,(H,24,26)(H,25,27). The van der Waals surface area contributed by atoms with Gasteiger partial charge in [0, 0.05) is 16.4 Å². The molecule has 2 N–H and O–H groups in total. The molecule has 1 heterocycles. The second-order valence-corrected chi connectivity index (χ2v) is 6.39. The Balaban J connectivity index is 1.85. The summed E-state index contributed by atoms with van der Waals surface area (Å²) >= 11 is 3.40. The zero-order valence-corrected chi connectivity index (χ0v) is 15.3. The smallest absolute Gasteiger partial charge is 0.339 e. The Morgan fingerprint density at radius 1 is 1.00 bits per heavy atom. The van der Waals surface area contributed by atoms with Crippen molar-refractivity contribution in [3.63, 3.8) is 0 Å². The van der Waals surface area contributed by atoms with E-state index in [1.807, 2.05) is 18.2 Å². The molecule has 3 rings (SSSR count). The van der Waals surface area contributed by atoms with Gasteiger partial charge in [0.2, 0.25) is 0 Å². The zero-order chi connectivity index (χ0) is 19.4. The molecule has 4 nitrogen and oxygen atoms in total. The zero-order valence-electron chi connectivity index (χ0n) is 13.7. The third kappa shape index (κ3) is 4.65. The number of aromatic nitrogens is 1. The van der Waals surface area contributed by atoms with Crippen LogP contribution in [0.3, 0.4) is 0 Å². The molecule has 0 fully saturated rings. The fourth-order valence-corrected chi connectivity index (χ4v) is 2.73. The van der Waals surface area contributed by atoms with Crippen LogP contribution in [0.1, 0.15) is 15.9 Å². The summed E-state index contributed by atoms with van der Waals surface area (Å²) in [4.78, 5) is 16.7. The van der Waals surface area contributed by atoms with Gasteiger partial charge in [-0.2, -0.15) is 13.2 Å². The van der Waals surface area contributed by atoms with E-state index in [-0.39, 0.29) is 17.1 Å². The average molecular weight is 436 g/mol. The van der Waals surface area contributed by atoms with Gasteiger partial charge in [0.1, 0.15) is 5.82 Å². The van der Waals surface area contributed by atoms with Gasteiger partial charge < -0.3 is 10.6 Å². The lowest BCUT2D eigenvalue weighted by Gasteiger charge is -2.13. The minimum Gasteiger partial charge on any atom is -0.339 e. The number of alkyl halides is 3. The first-order valence-electron chi connectivity index (χ1n) is 7.80. The monoisotopic (exact) mass is 435 g/mol. The number of carbonyl (C=O) groups is 1. The number of para-hydroxylation sites is 1. The molecule has 2 aromatic carbocycles. The molecule has 0 unspecified atom stereocenters. The Morgan fingerprint density at radius 2 is 1.78 bits per heavy atom. The molecule has 27 heavy (non-hydrogen) atoms. The highest BCUT2D eigenvalue weighted by Crippen LogP contribution is 2.31. The Labute approximate surface area is 161 Å². The van der Waals surface area contributed by atoms with Gasteiger partial charge in [0.25, 0.3) is 5.91 Å². The number of nitrogens with zero attached hydrogens (tertiary/aromatic N) is 1. The van der Waals surface area contributed by atoms with Crippen LogP contribution in [0.15, 0.2) is 71.3 Å². The van der Waals surface area contributed by atoms with Gasteiger partial charge in [-0.05, 0) is 58.4 Å². The summed E-state index contributed by atoms with van der Waals surface area (Å²) in [6, 6.07) is 14.9. The number of amides is 1. The Kier molecular flexibility index (Phi) is 5.46. The number of pyridine rings is 1. The largest absolute Gasteiger partial charge is 0.416 e. The summed E-state index contributed by atoms with van der Waals surface area (Å²) in [7, 11) is 0. The Morgan fingerprint density at radius 3 is 2.52 bits per heavy atom. The highest BCUT2D eigenvalue weighted by Gasteiger charge is 2.30. The maximum atomic E-state index is 12.8. The summed E-state index contributed by atoms with van der Waals surface area (Å²) in [6.45, 7) is 0. The van der Waals surface area contributed by atoms with E-state index in [0.717, 1.165) is 16.6 Å². The molecule has 0 aliphatic rings. The molecule has 0 atom stereocenters. The molecule has 0 spiro atoms. The molecule has 0 aliphatic heterocycles. The van der Waals surface area contributed by atoms with E-state index in [9.17, 15) is 18.0 Å². The van der Waals surface area contributed by atoms with Crippen molar-refractivity contribution in [3.05, 3.63) is 82.5 Å². The van der Waals surface area contributed by atoms with Crippen LogP contribution < -0.4 is 10.6 Å². The molecular weight excluding hydrogens is 423 g/mol. The van der Waals surface area contributed by atoms with Gasteiger partial charge in [-0.1, -0.05) is 18.2 Å². The highest BCUT2D eigenvalue weighted by molar-refractivity contribution is 9.10. The minimum absolute atomic E-state index is 0.0468. The minimum atomic E-state index is -4.48.